The van der Waals surface area contributed by atoms with Crippen LogP contribution in [0.4, 0.5) is 0 Å². The van der Waals surface area contributed by atoms with E-state index in [2.05, 4.69) is 0 Å². The SMILES string of the molecule is CC(CO)C(C)O[P+](C)=O. The molecule has 4 heteroatoms. The van der Waals surface area contributed by atoms with E-state index < -0.39 is 8.03 Å². The quantitative estimate of drug-likeness (QED) is 0.640. The molecule has 0 aromatic carbocycles. The smallest absolute Gasteiger partial charge is 0.396 e. The van der Waals surface area contributed by atoms with Gasteiger partial charge in [-0.15, -0.1) is 4.52 Å². The minimum atomic E-state index is -1.54. The van der Waals surface area contributed by atoms with E-state index in [1.54, 1.807) is 6.92 Å². The molecule has 1 N–H and O–H groups in total. The van der Waals surface area contributed by atoms with Crippen LogP contribution in [0.1, 0.15) is 13.8 Å². The predicted octanol–water partition coefficient (Wildman–Crippen LogP) is 1.39. The average Bonchev–Trinajstić information content (AvgIpc) is 1.85. The lowest BCUT2D eigenvalue weighted by molar-refractivity contribution is 0.118. The van der Waals surface area contributed by atoms with Crippen LogP contribution in [0.25, 0.3) is 0 Å². The fraction of sp³-hybridized carbons (Fsp3) is 1.00. The van der Waals surface area contributed by atoms with Crippen molar-refractivity contribution in [1.82, 2.24) is 0 Å². The van der Waals surface area contributed by atoms with E-state index in [0.717, 1.165) is 0 Å². The highest BCUT2D eigenvalue weighted by Gasteiger charge is 2.20. The Labute approximate surface area is 62.3 Å². The molecule has 0 saturated carbocycles. The minimum absolute atomic E-state index is 0.0545. The Morgan fingerprint density at radius 1 is 1.60 bits per heavy atom. The summed E-state index contributed by atoms with van der Waals surface area (Å²) in [7, 11) is -1.54. The van der Waals surface area contributed by atoms with Gasteiger partial charge in [-0.05, 0) is 11.5 Å². The van der Waals surface area contributed by atoms with Crippen molar-refractivity contribution in [2.24, 2.45) is 5.92 Å². The molecule has 0 spiro atoms. The van der Waals surface area contributed by atoms with Crippen LogP contribution >= 0.6 is 8.03 Å². The summed E-state index contributed by atoms with van der Waals surface area (Å²) in [6, 6.07) is 0. The molecule has 0 aliphatic rings. The first-order chi connectivity index (χ1) is 4.57. The van der Waals surface area contributed by atoms with E-state index in [-0.39, 0.29) is 18.6 Å². The summed E-state index contributed by atoms with van der Waals surface area (Å²) in [5.41, 5.74) is 0. The Hall–Kier alpha value is 0.0200. The monoisotopic (exact) mass is 165 g/mol. The topological polar surface area (TPSA) is 46.5 Å². The van der Waals surface area contributed by atoms with Gasteiger partial charge >= 0.3 is 8.03 Å². The molecular formula is C6H14O3P+. The largest absolute Gasteiger partial charge is 0.505 e. The molecule has 0 heterocycles. The predicted molar refractivity (Wildman–Crippen MR) is 40.3 cm³/mol. The van der Waals surface area contributed by atoms with Gasteiger partial charge in [0.15, 0.2) is 6.66 Å². The lowest BCUT2D eigenvalue weighted by Gasteiger charge is -2.09. The zero-order valence-corrected chi connectivity index (χ0v) is 7.47. The molecule has 0 aliphatic carbocycles. The van der Waals surface area contributed by atoms with Crippen molar-refractivity contribution < 1.29 is 14.2 Å². The Morgan fingerprint density at radius 3 is 2.40 bits per heavy atom. The first kappa shape index (κ1) is 10.0. The van der Waals surface area contributed by atoms with E-state index in [4.69, 9.17) is 9.63 Å². The number of hydrogen-bond donors (Lipinski definition) is 1. The molecule has 3 unspecified atom stereocenters. The Morgan fingerprint density at radius 2 is 2.10 bits per heavy atom. The van der Waals surface area contributed by atoms with Crippen LogP contribution in [0.3, 0.4) is 0 Å². The van der Waals surface area contributed by atoms with Crippen molar-refractivity contribution in [1.29, 1.82) is 0 Å². The summed E-state index contributed by atoms with van der Waals surface area (Å²) in [5, 5.41) is 8.64. The highest BCUT2D eigenvalue weighted by Crippen LogP contribution is 2.22. The van der Waals surface area contributed by atoms with E-state index in [9.17, 15) is 4.57 Å². The van der Waals surface area contributed by atoms with Gasteiger partial charge in [0.2, 0.25) is 0 Å². The van der Waals surface area contributed by atoms with Crippen molar-refractivity contribution in [2.45, 2.75) is 20.0 Å². The van der Waals surface area contributed by atoms with Crippen LogP contribution in [-0.4, -0.2) is 24.5 Å². The molecule has 0 radical (unpaired) electrons. The Balaban J connectivity index is 3.61. The second kappa shape index (κ2) is 4.78. The van der Waals surface area contributed by atoms with Gasteiger partial charge in [-0.3, -0.25) is 0 Å². The molecule has 0 aromatic heterocycles. The van der Waals surface area contributed by atoms with Crippen LogP contribution < -0.4 is 0 Å². The van der Waals surface area contributed by atoms with Crippen molar-refractivity contribution in [3.05, 3.63) is 0 Å². The van der Waals surface area contributed by atoms with E-state index in [0.29, 0.717) is 0 Å². The van der Waals surface area contributed by atoms with Gasteiger partial charge in [0.25, 0.3) is 0 Å². The summed E-state index contributed by atoms with van der Waals surface area (Å²) in [4.78, 5) is 0. The average molecular weight is 165 g/mol. The van der Waals surface area contributed by atoms with Crippen LogP contribution in [0.15, 0.2) is 0 Å². The highest BCUT2D eigenvalue weighted by molar-refractivity contribution is 7.38. The first-order valence-corrected chi connectivity index (χ1v) is 4.89. The normalized spacial score (nSPS) is 18.2. The van der Waals surface area contributed by atoms with Crippen LogP contribution in [0.5, 0.6) is 0 Å². The minimum Gasteiger partial charge on any atom is -0.396 e. The first-order valence-electron chi connectivity index (χ1n) is 3.26. The van der Waals surface area contributed by atoms with Crippen molar-refractivity contribution in [3.63, 3.8) is 0 Å². The molecule has 0 amide bonds. The molecule has 0 fully saturated rings. The molecule has 0 bridgehead atoms. The molecule has 60 valence electrons. The van der Waals surface area contributed by atoms with Gasteiger partial charge in [0.05, 0.1) is 0 Å². The van der Waals surface area contributed by atoms with Crippen LogP contribution in [0, 0.1) is 5.92 Å². The van der Waals surface area contributed by atoms with Crippen molar-refractivity contribution in [2.75, 3.05) is 13.3 Å². The molecular weight excluding hydrogens is 151 g/mol. The summed E-state index contributed by atoms with van der Waals surface area (Å²) in [5.74, 6) is 0.0545. The van der Waals surface area contributed by atoms with Gasteiger partial charge < -0.3 is 5.11 Å². The van der Waals surface area contributed by atoms with E-state index in [1.807, 2.05) is 6.92 Å². The summed E-state index contributed by atoms with van der Waals surface area (Å²) in [6.45, 7) is 5.24. The zero-order valence-electron chi connectivity index (χ0n) is 6.57. The standard InChI is InChI=1S/C6H14O3P/c1-5(4-7)6(2)9-10(3)8/h5-7H,4H2,1-3H3/q+1. The molecule has 0 aliphatic heterocycles. The summed E-state index contributed by atoms with van der Waals surface area (Å²) >= 11 is 0. The van der Waals surface area contributed by atoms with Gasteiger partial charge in [-0.1, -0.05) is 6.92 Å². The zero-order chi connectivity index (χ0) is 8.15. The Bertz CT molecular complexity index is 116. The van der Waals surface area contributed by atoms with Crippen molar-refractivity contribution in [3.8, 4) is 0 Å². The lowest BCUT2D eigenvalue weighted by atomic mass is 10.1. The van der Waals surface area contributed by atoms with Crippen LogP contribution in [0.2, 0.25) is 0 Å². The fourth-order valence-corrected chi connectivity index (χ4v) is 1.16. The number of aliphatic hydroxyl groups excluding tert-OH is 1. The van der Waals surface area contributed by atoms with Gasteiger partial charge in [0, 0.05) is 12.5 Å². The molecule has 0 saturated heterocycles. The number of aliphatic hydroxyl groups is 1. The lowest BCUT2D eigenvalue weighted by Crippen LogP contribution is -2.18. The molecule has 0 aromatic rings. The fourth-order valence-electron chi connectivity index (χ4n) is 0.486. The molecule has 10 heavy (non-hydrogen) atoms. The van der Waals surface area contributed by atoms with Crippen LogP contribution in [-0.2, 0) is 9.09 Å². The molecule has 3 nitrogen and oxygen atoms in total. The second-order valence-corrected chi connectivity index (χ2v) is 3.50. The maximum absolute atomic E-state index is 10.5. The van der Waals surface area contributed by atoms with E-state index >= 15 is 0 Å². The Kier molecular flexibility index (Phi) is 4.79. The van der Waals surface area contributed by atoms with Gasteiger partial charge in [0.1, 0.15) is 6.10 Å². The summed E-state index contributed by atoms with van der Waals surface area (Å²) in [6.07, 6.45) is -0.126. The summed E-state index contributed by atoms with van der Waals surface area (Å²) < 4.78 is 15.5. The van der Waals surface area contributed by atoms with Crippen molar-refractivity contribution >= 4 is 8.03 Å². The number of hydrogen-bond acceptors (Lipinski definition) is 3. The van der Waals surface area contributed by atoms with Gasteiger partial charge in [-0.2, -0.15) is 0 Å². The number of rotatable bonds is 4. The third-order valence-corrected chi connectivity index (χ3v) is 2.03. The second-order valence-electron chi connectivity index (χ2n) is 2.41. The third-order valence-electron chi connectivity index (χ3n) is 1.40. The van der Waals surface area contributed by atoms with Gasteiger partial charge in [-0.25, -0.2) is 0 Å². The molecule has 0 rings (SSSR count). The highest BCUT2D eigenvalue weighted by atomic mass is 31.1. The maximum atomic E-state index is 10.5. The third kappa shape index (κ3) is 3.94. The van der Waals surface area contributed by atoms with E-state index in [1.165, 1.54) is 6.66 Å². The maximum Gasteiger partial charge on any atom is 0.505 e. The molecule has 3 atom stereocenters.